The molecule has 3 rings (SSSR count). The summed E-state index contributed by atoms with van der Waals surface area (Å²) in [5.74, 6) is 0. The molecule has 0 unspecified atom stereocenters. The van der Waals surface area contributed by atoms with E-state index in [-0.39, 0.29) is 17.8 Å². The highest BCUT2D eigenvalue weighted by Gasteiger charge is 2.71. The van der Waals surface area contributed by atoms with Crippen LogP contribution in [-0.4, -0.2) is 22.9 Å². The third-order valence-corrected chi connectivity index (χ3v) is 4.63. The van der Waals surface area contributed by atoms with E-state index in [9.17, 15) is 5.11 Å². The van der Waals surface area contributed by atoms with Gasteiger partial charge in [-0.2, -0.15) is 0 Å². The van der Waals surface area contributed by atoms with Crippen LogP contribution in [0.3, 0.4) is 0 Å². The molecule has 1 N–H and O–H groups in total. The van der Waals surface area contributed by atoms with E-state index < -0.39 is 0 Å². The van der Waals surface area contributed by atoms with Crippen molar-refractivity contribution in [3.63, 3.8) is 0 Å². The zero-order valence-electron chi connectivity index (χ0n) is 8.25. The minimum atomic E-state index is -0.175. The summed E-state index contributed by atoms with van der Waals surface area (Å²) in [4.78, 5) is 0. The number of hydrogen-bond acceptors (Lipinski definition) is 2. The van der Waals surface area contributed by atoms with E-state index in [1.807, 2.05) is 0 Å². The molecule has 1 aliphatic heterocycles. The lowest BCUT2D eigenvalue weighted by Gasteiger charge is -2.43. The van der Waals surface area contributed by atoms with Gasteiger partial charge in [0.1, 0.15) is 11.7 Å². The maximum Gasteiger partial charge on any atom is 0.114 e. The molecule has 3 aliphatic rings. The number of ether oxygens (including phenoxy) is 1. The summed E-state index contributed by atoms with van der Waals surface area (Å²) in [7, 11) is 0. The number of aliphatic hydroxyl groups is 1. The molecule has 0 aromatic rings. The number of aliphatic hydroxyl groups excluding tert-OH is 1. The van der Waals surface area contributed by atoms with E-state index in [0.717, 1.165) is 12.8 Å². The molecule has 74 valence electrons. The lowest BCUT2D eigenvalue weighted by Crippen LogP contribution is -2.47. The lowest BCUT2D eigenvalue weighted by atomic mass is 9.59. The Morgan fingerprint density at radius 2 is 2.00 bits per heavy atom. The summed E-state index contributed by atoms with van der Waals surface area (Å²) >= 11 is 0. The quantitative estimate of drug-likeness (QED) is 0.580. The van der Waals surface area contributed by atoms with Crippen molar-refractivity contribution in [2.75, 3.05) is 0 Å². The Hall–Kier alpha value is -0.0800. The summed E-state index contributed by atoms with van der Waals surface area (Å²) in [6.45, 7) is 2.36. The molecule has 0 aromatic carbocycles. The van der Waals surface area contributed by atoms with Gasteiger partial charge in [0.25, 0.3) is 0 Å². The van der Waals surface area contributed by atoms with E-state index in [2.05, 4.69) is 6.92 Å². The van der Waals surface area contributed by atoms with E-state index in [1.165, 1.54) is 25.7 Å². The Balaban J connectivity index is 1.92. The molecule has 4 atom stereocenters. The fraction of sp³-hybridized carbons (Fsp3) is 1.00. The predicted octanol–water partition coefficient (Wildman–Crippen LogP) is 1.86. The van der Waals surface area contributed by atoms with Crippen LogP contribution in [-0.2, 0) is 4.74 Å². The first kappa shape index (κ1) is 8.25. The van der Waals surface area contributed by atoms with Crippen LogP contribution in [0.2, 0.25) is 0 Å². The van der Waals surface area contributed by atoms with Crippen LogP contribution in [0, 0.1) is 5.41 Å². The molecule has 3 fully saturated rings. The maximum absolute atomic E-state index is 9.74. The first-order valence-electron chi connectivity index (χ1n) is 5.54. The molecule has 0 bridgehead atoms. The van der Waals surface area contributed by atoms with Crippen LogP contribution in [0.4, 0.5) is 0 Å². The standard InChI is InChI=1S/C11H18O2/c1-10-5-2-3-6-11(10)9(13-11)8(12)4-7-10/h8-9,12H,2-7H2,1H3/t8-,9+,10+,11+/m1/s1. The molecule has 0 amide bonds. The topological polar surface area (TPSA) is 32.8 Å². The second kappa shape index (κ2) is 2.29. The van der Waals surface area contributed by atoms with Crippen molar-refractivity contribution in [1.82, 2.24) is 0 Å². The summed E-state index contributed by atoms with van der Waals surface area (Å²) in [5.41, 5.74) is 0.484. The molecule has 2 aliphatic carbocycles. The molecular formula is C11H18O2. The van der Waals surface area contributed by atoms with Crippen LogP contribution in [0.5, 0.6) is 0 Å². The van der Waals surface area contributed by atoms with Crippen molar-refractivity contribution in [3.05, 3.63) is 0 Å². The minimum absolute atomic E-state index is 0.100. The normalized spacial score (nSPS) is 59.5. The van der Waals surface area contributed by atoms with E-state index in [1.54, 1.807) is 0 Å². The van der Waals surface area contributed by atoms with Crippen LogP contribution in [0.15, 0.2) is 0 Å². The molecular weight excluding hydrogens is 164 g/mol. The van der Waals surface area contributed by atoms with Crippen molar-refractivity contribution < 1.29 is 9.84 Å². The zero-order valence-corrected chi connectivity index (χ0v) is 8.25. The summed E-state index contributed by atoms with van der Waals surface area (Å²) in [5, 5.41) is 9.74. The Kier molecular flexibility index (Phi) is 1.45. The molecule has 1 saturated heterocycles. The smallest absolute Gasteiger partial charge is 0.114 e. The van der Waals surface area contributed by atoms with E-state index >= 15 is 0 Å². The highest BCUT2D eigenvalue weighted by molar-refractivity contribution is 5.19. The van der Waals surface area contributed by atoms with E-state index in [4.69, 9.17) is 4.74 Å². The second-order valence-electron chi connectivity index (χ2n) is 5.30. The molecule has 0 aromatic heterocycles. The summed E-state index contributed by atoms with van der Waals surface area (Å²) in [6.07, 6.45) is 7.25. The number of epoxide rings is 1. The Morgan fingerprint density at radius 1 is 1.23 bits per heavy atom. The van der Waals surface area contributed by atoms with Crippen LogP contribution in [0.25, 0.3) is 0 Å². The highest BCUT2D eigenvalue weighted by Crippen LogP contribution is 2.64. The third kappa shape index (κ3) is 0.861. The average molecular weight is 182 g/mol. The maximum atomic E-state index is 9.74. The Bertz CT molecular complexity index is 240. The predicted molar refractivity (Wildman–Crippen MR) is 49.4 cm³/mol. The fourth-order valence-corrected chi connectivity index (χ4v) is 3.64. The van der Waals surface area contributed by atoms with Crippen LogP contribution in [0.1, 0.15) is 45.4 Å². The minimum Gasteiger partial charge on any atom is -0.390 e. The van der Waals surface area contributed by atoms with Gasteiger partial charge in [-0.3, -0.25) is 0 Å². The summed E-state index contributed by atoms with van der Waals surface area (Å²) in [6, 6.07) is 0. The van der Waals surface area contributed by atoms with Crippen molar-refractivity contribution in [2.45, 2.75) is 63.3 Å². The van der Waals surface area contributed by atoms with Gasteiger partial charge in [-0.15, -0.1) is 0 Å². The van der Waals surface area contributed by atoms with Gasteiger partial charge in [-0.1, -0.05) is 19.8 Å². The van der Waals surface area contributed by atoms with Crippen molar-refractivity contribution in [1.29, 1.82) is 0 Å². The first-order valence-corrected chi connectivity index (χ1v) is 5.54. The van der Waals surface area contributed by atoms with Gasteiger partial charge < -0.3 is 9.84 Å². The van der Waals surface area contributed by atoms with Gasteiger partial charge in [0.15, 0.2) is 0 Å². The molecule has 0 radical (unpaired) electrons. The number of rotatable bonds is 0. The van der Waals surface area contributed by atoms with Gasteiger partial charge >= 0.3 is 0 Å². The zero-order chi connectivity index (χ0) is 9.10. The molecule has 1 heterocycles. The van der Waals surface area contributed by atoms with Gasteiger partial charge in [-0.25, -0.2) is 0 Å². The molecule has 2 nitrogen and oxygen atoms in total. The highest BCUT2D eigenvalue weighted by atomic mass is 16.6. The SMILES string of the molecule is C[C@@]12CCCC[C@@]13O[C@H]3[C@H](O)CC2. The van der Waals surface area contributed by atoms with Crippen LogP contribution >= 0.6 is 0 Å². The van der Waals surface area contributed by atoms with Crippen LogP contribution < -0.4 is 0 Å². The Morgan fingerprint density at radius 3 is 2.85 bits per heavy atom. The third-order valence-electron chi connectivity index (χ3n) is 4.63. The summed E-state index contributed by atoms with van der Waals surface area (Å²) < 4.78 is 5.83. The van der Waals surface area contributed by atoms with Gasteiger partial charge in [-0.05, 0) is 31.1 Å². The molecule has 2 saturated carbocycles. The second-order valence-corrected chi connectivity index (χ2v) is 5.30. The largest absolute Gasteiger partial charge is 0.390 e. The van der Waals surface area contributed by atoms with Crippen molar-refractivity contribution in [3.8, 4) is 0 Å². The van der Waals surface area contributed by atoms with Crippen molar-refractivity contribution in [2.24, 2.45) is 5.41 Å². The molecule has 2 heteroatoms. The molecule has 13 heavy (non-hydrogen) atoms. The lowest BCUT2D eigenvalue weighted by molar-refractivity contribution is 0.0304. The van der Waals surface area contributed by atoms with Gasteiger partial charge in [0, 0.05) is 0 Å². The Labute approximate surface area is 79.3 Å². The molecule has 1 spiro atoms. The first-order chi connectivity index (χ1) is 6.18. The fourth-order valence-electron chi connectivity index (χ4n) is 3.64. The van der Waals surface area contributed by atoms with E-state index in [0.29, 0.717) is 5.41 Å². The van der Waals surface area contributed by atoms with Crippen molar-refractivity contribution >= 4 is 0 Å². The van der Waals surface area contributed by atoms with Gasteiger partial charge in [0.2, 0.25) is 0 Å². The van der Waals surface area contributed by atoms with Gasteiger partial charge in [0.05, 0.1) is 6.10 Å². The average Bonchev–Trinajstić information content (AvgIpc) is 2.84. The monoisotopic (exact) mass is 182 g/mol. The number of hydrogen-bond donors (Lipinski definition) is 1.